The second-order valence-electron chi connectivity index (χ2n) is 4.95. The molecule has 21 heavy (non-hydrogen) atoms. The van der Waals surface area contributed by atoms with E-state index in [1.54, 1.807) is 0 Å². The third kappa shape index (κ3) is 2.80. The lowest BCUT2D eigenvalue weighted by molar-refractivity contribution is 0.276. The second-order valence-corrected chi connectivity index (χ2v) is 5.87. The number of hydrogen-bond donors (Lipinski definition) is 1. The van der Waals surface area contributed by atoms with Crippen LogP contribution in [-0.4, -0.2) is 21.5 Å². The van der Waals surface area contributed by atoms with E-state index in [1.165, 1.54) is 5.56 Å². The highest BCUT2D eigenvalue weighted by Gasteiger charge is 2.14. The second kappa shape index (κ2) is 5.87. The molecule has 0 fully saturated rings. The van der Waals surface area contributed by atoms with E-state index >= 15 is 0 Å². The van der Waals surface area contributed by atoms with Crippen LogP contribution in [0.2, 0.25) is 0 Å². The third-order valence-corrected chi connectivity index (χ3v) is 3.98. The van der Waals surface area contributed by atoms with Crippen molar-refractivity contribution in [1.82, 2.24) is 9.38 Å². The van der Waals surface area contributed by atoms with Gasteiger partial charge in [0.25, 0.3) is 0 Å². The molecule has 0 spiro atoms. The molecular weight excluding hydrogens is 330 g/mol. The fourth-order valence-corrected chi connectivity index (χ4v) is 2.69. The van der Waals surface area contributed by atoms with E-state index in [2.05, 4.69) is 37.9 Å². The lowest BCUT2D eigenvalue weighted by atomic mass is 10.2. The largest absolute Gasteiger partial charge is 0.390 e. The Hall–Kier alpha value is -1.85. The van der Waals surface area contributed by atoms with E-state index in [1.807, 2.05) is 48.0 Å². The zero-order valence-corrected chi connectivity index (χ0v) is 13.3. The van der Waals surface area contributed by atoms with Crippen LogP contribution in [-0.2, 0) is 13.2 Å². The molecule has 0 bridgehead atoms. The molecule has 4 nitrogen and oxygen atoms in total. The average Bonchev–Trinajstić information content (AvgIpc) is 2.88. The summed E-state index contributed by atoms with van der Waals surface area (Å²) in [6.07, 6.45) is 1.92. The van der Waals surface area contributed by atoms with Gasteiger partial charge in [0.05, 0.1) is 12.3 Å². The number of hydrogen-bond acceptors (Lipinski definition) is 3. The van der Waals surface area contributed by atoms with Crippen molar-refractivity contribution in [2.24, 2.45) is 0 Å². The Morgan fingerprint density at radius 3 is 2.67 bits per heavy atom. The van der Waals surface area contributed by atoms with Crippen LogP contribution in [0.15, 0.2) is 53.1 Å². The minimum atomic E-state index is -0.0365. The predicted molar refractivity (Wildman–Crippen MR) is 87.4 cm³/mol. The highest BCUT2D eigenvalue weighted by Crippen LogP contribution is 2.22. The van der Waals surface area contributed by atoms with Crippen LogP contribution in [0.1, 0.15) is 11.3 Å². The van der Waals surface area contributed by atoms with Crippen molar-refractivity contribution in [3.05, 3.63) is 64.4 Å². The van der Waals surface area contributed by atoms with Crippen LogP contribution in [0, 0.1) is 0 Å². The van der Waals surface area contributed by atoms with Crippen molar-refractivity contribution in [1.29, 1.82) is 0 Å². The first kappa shape index (κ1) is 14.1. The number of imidazole rings is 1. The number of benzene rings is 1. The average molecular weight is 346 g/mol. The van der Waals surface area contributed by atoms with E-state index in [-0.39, 0.29) is 6.61 Å². The van der Waals surface area contributed by atoms with Gasteiger partial charge in [0.1, 0.15) is 5.65 Å². The van der Waals surface area contributed by atoms with Gasteiger partial charge < -0.3 is 10.0 Å². The number of pyridine rings is 1. The molecule has 0 aliphatic carbocycles. The summed E-state index contributed by atoms with van der Waals surface area (Å²) in [4.78, 5) is 6.67. The number of nitrogens with zero attached hydrogens (tertiary/aromatic N) is 3. The Balaban J connectivity index is 1.93. The molecule has 2 aromatic heterocycles. The van der Waals surface area contributed by atoms with Gasteiger partial charge in [0.15, 0.2) is 5.82 Å². The highest BCUT2D eigenvalue weighted by atomic mass is 79.9. The monoisotopic (exact) mass is 345 g/mol. The maximum atomic E-state index is 9.66. The molecule has 3 rings (SSSR count). The molecule has 0 saturated heterocycles. The summed E-state index contributed by atoms with van der Waals surface area (Å²) in [6.45, 7) is 0.704. The molecule has 108 valence electrons. The first-order chi connectivity index (χ1) is 10.2. The molecule has 0 atom stereocenters. The molecule has 5 heteroatoms. The topological polar surface area (TPSA) is 40.8 Å². The summed E-state index contributed by atoms with van der Waals surface area (Å²) in [5.74, 6) is 0.812. The number of fused-ring (bicyclic) bond motifs is 1. The Morgan fingerprint density at radius 2 is 1.95 bits per heavy atom. The molecule has 1 aromatic carbocycles. The van der Waals surface area contributed by atoms with E-state index in [0.717, 1.165) is 28.2 Å². The van der Waals surface area contributed by atoms with Crippen LogP contribution in [0.3, 0.4) is 0 Å². The van der Waals surface area contributed by atoms with Crippen molar-refractivity contribution >= 4 is 27.4 Å². The van der Waals surface area contributed by atoms with Crippen molar-refractivity contribution in [3.8, 4) is 0 Å². The summed E-state index contributed by atoms with van der Waals surface area (Å²) in [5.41, 5.74) is 2.85. The zero-order chi connectivity index (χ0) is 14.8. The van der Waals surface area contributed by atoms with Crippen molar-refractivity contribution < 1.29 is 5.11 Å². The van der Waals surface area contributed by atoms with Gasteiger partial charge in [0, 0.05) is 24.3 Å². The minimum Gasteiger partial charge on any atom is -0.390 e. The number of halogens is 1. The number of aromatic nitrogens is 2. The molecule has 0 unspecified atom stereocenters. The van der Waals surface area contributed by atoms with Gasteiger partial charge in [-0.15, -0.1) is 0 Å². The number of aliphatic hydroxyl groups is 1. The van der Waals surface area contributed by atoms with Gasteiger partial charge in [-0.05, 0) is 29.8 Å². The maximum Gasteiger partial charge on any atom is 0.153 e. The Morgan fingerprint density at radius 1 is 1.19 bits per heavy atom. The first-order valence-corrected chi connectivity index (χ1v) is 7.51. The van der Waals surface area contributed by atoms with Gasteiger partial charge in [-0.3, -0.25) is 4.40 Å². The zero-order valence-electron chi connectivity index (χ0n) is 11.7. The summed E-state index contributed by atoms with van der Waals surface area (Å²) in [5, 5.41) is 9.66. The maximum absolute atomic E-state index is 9.66. The smallest absolute Gasteiger partial charge is 0.153 e. The molecule has 3 aromatic rings. The first-order valence-electron chi connectivity index (χ1n) is 6.71. The fourth-order valence-electron chi connectivity index (χ4n) is 2.43. The summed E-state index contributed by atoms with van der Waals surface area (Å²) in [6, 6.07) is 14.0. The van der Waals surface area contributed by atoms with Crippen LogP contribution < -0.4 is 4.90 Å². The molecule has 0 aliphatic rings. The van der Waals surface area contributed by atoms with E-state index in [4.69, 9.17) is 0 Å². The summed E-state index contributed by atoms with van der Waals surface area (Å²) in [7, 11) is 1.99. The van der Waals surface area contributed by atoms with Crippen molar-refractivity contribution in [2.75, 3.05) is 11.9 Å². The Bertz CT molecular complexity index is 752. The highest BCUT2D eigenvalue weighted by molar-refractivity contribution is 9.10. The quantitative estimate of drug-likeness (QED) is 0.789. The molecule has 0 saturated carbocycles. The number of aliphatic hydroxyl groups excluding tert-OH is 1. The third-order valence-electron chi connectivity index (χ3n) is 3.45. The standard InChI is InChI=1S/C16H16BrN3O/c1-19(10-12-5-7-13(17)8-6-12)16-14(11-21)20-9-3-2-4-15(20)18-16/h2-9,21H,10-11H2,1H3. The summed E-state index contributed by atoms with van der Waals surface area (Å²) >= 11 is 3.44. The van der Waals surface area contributed by atoms with E-state index in [0.29, 0.717) is 0 Å². The SMILES string of the molecule is CN(Cc1ccc(Br)cc1)c1nc2ccccn2c1CO. The fraction of sp³-hybridized carbons (Fsp3) is 0.188. The molecule has 0 amide bonds. The lowest BCUT2D eigenvalue weighted by Gasteiger charge is -2.18. The molecule has 0 radical (unpaired) electrons. The van der Waals surface area contributed by atoms with Gasteiger partial charge in [0.2, 0.25) is 0 Å². The lowest BCUT2D eigenvalue weighted by Crippen LogP contribution is -2.18. The predicted octanol–water partition coefficient (Wildman–Crippen LogP) is 3.23. The van der Waals surface area contributed by atoms with Gasteiger partial charge in [-0.1, -0.05) is 34.1 Å². The normalized spacial score (nSPS) is 11.0. The Labute approximate surface area is 131 Å². The summed E-state index contributed by atoms with van der Waals surface area (Å²) < 4.78 is 2.99. The van der Waals surface area contributed by atoms with E-state index in [9.17, 15) is 5.11 Å². The van der Waals surface area contributed by atoms with Crippen molar-refractivity contribution in [3.63, 3.8) is 0 Å². The van der Waals surface area contributed by atoms with Crippen LogP contribution in [0.5, 0.6) is 0 Å². The van der Waals surface area contributed by atoms with Crippen LogP contribution in [0.25, 0.3) is 5.65 Å². The number of rotatable bonds is 4. The van der Waals surface area contributed by atoms with Gasteiger partial charge >= 0.3 is 0 Å². The minimum absolute atomic E-state index is 0.0365. The van der Waals surface area contributed by atoms with Crippen molar-refractivity contribution in [2.45, 2.75) is 13.2 Å². The Kier molecular flexibility index (Phi) is 3.94. The number of anilines is 1. The van der Waals surface area contributed by atoms with Crippen LogP contribution >= 0.6 is 15.9 Å². The van der Waals surface area contributed by atoms with Gasteiger partial charge in [-0.25, -0.2) is 4.98 Å². The molecule has 2 heterocycles. The van der Waals surface area contributed by atoms with Crippen LogP contribution in [0.4, 0.5) is 5.82 Å². The molecule has 1 N–H and O–H groups in total. The molecule has 0 aliphatic heterocycles. The van der Waals surface area contributed by atoms with E-state index < -0.39 is 0 Å². The molecular formula is C16H16BrN3O. The van der Waals surface area contributed by atoms with Gasteiger partial charge in [-0.2, -0.15) is 0 Å².